The van der Waals surface area contributed by atoms with Gasteiger partial charge in [-0.3, -0.25) is 4.99 Å². The second-order valence-corrected chi connectivity index (χ2v) is 5.02. The van der Waals surface area contributed by atoms with E-state index in [2.05, 4.69) is 29.1 Å². The highest BCUT2D eigenvalue weighted by Crippen LogP contribution is 2.20. The van der Waals surface area contributed by atoms with E-state index < -0.39 is 0 Å². The third kappa shape index (κ3) is 6.22. The van der Waals surface area contributed by atoms with Gasteiger partial charge in [0.1, 0.15) is 0 Å². The maximum Gasteiger partial charge on any atom is 0.193 e. The molecule has 0 aliphatic carbocycles. The van der Waals surface area contributed by atoms with Gasteiger partial charge in [0.15, 0.2) is 5.96 Å². The normalized spacial score (nSPS) is 24.7. The molecule has 2 unspecified atom stereocenters. The first-order valence-electron chi connectivity index (χ1n) is 6.70. The van der Waals surface area contributed by atoms with E-state index in [1.807, 2.05) is 14.0 Å². The van der Waals surface area contributed by atoms with Crippen LogP contribution in [0.2, 0.25) is 0 Å². The summed E-state index contributed by atoms with van der Waals surface area (Å²) in [5.41, 5.74) is 0. The number of hydrogen-bond acceptors (Lipinski definition) is 2. The smallest absolute Gasteiger partial charge is 0.193 e. The summed E-state index contributed by atoms with van der Waals surface area (Å²) in [6.45, 7) is 11.2. The topological polar surface area (TPSA) is 36.9 Å². The zero-order chi connectivity index (χ0) is 12.7. The lowest BCUT2D eigenvalue weighted by molar-refractivity contribution is 0.150. The Hall–Kier alpha value is -0.0400. The van der Waals surface area contributed by atoms with Gasteiger partial charge in [-0.25, -0.2) is 0 Å². The van der Waals surface area contributed by atoms with E-state index in [0.29, 0.717) is 0 Å². The Morgan fingerprint density at radius 1 is 1.33 bits per heavy atom. The average Bonchev–Trinajstić information content (AvgIpc) is 2.28. The quantitative estimate of drug-likeness (QED) is 0.357. The molecule has 5 heteroatoms. The molecule has 18 heavy (non-hydrogen) atoms. The molecule has 0 aromatic heterocycles. The third-order valence-electron chi connectivity index (χ3n) is 3.11. The number of likely N-dealkylation sites (tertiary alicyclic amines) is 1. The lowest BCUT2D eigenvalue weighted by Crippen LogP contribution is -2.49. The fourth-order valence-electron chi connectivity index (χ4n) is 2.55. The fourth-order valence-corrected chi connectivity index (χ4v) is 2.55. The van der Waals surface area contributed by atoms with Crippen LogP contribution in [0.1, 0.15) is 27.2 Å². The summed E-state index contributed by atoms with van der Waals surface area (Å²) in [5.74, 6) is 2.52. The molecule has 1 fully saturated rings. The molecule has 1 N–H and O–H groups in total. The summed E-state index contributed by atoms with van der Waals surface area (Å²) in [5, 5.41) is 3.37. The number of guanidine groups is 1. The highest BCUT2D eigenvalue weighted by atomic mass is 127. The molecule has 1 aliphatic heterocycles. The summed E-state index contributed by atoms with van der Waals surface area (Å²) in [6.07, 6.45) is 1.33. The van der Waals surface area contributed by atoms with Crippen LogP contribution >= 0.6 is 24.0 Å². The van der Waals surface area contributed by atoms with Crippen LogP contribution in [-0.4, -0.2) is 50.8 Å². The Bertz CT molecular complexity index is 238. The molecule has 0 saturated carbocycles. The molecule has 0 aromatic rings. The van der Waals surface area contributed by atoms with Crippen molar-refractivity contribution in [3.63, 3.8) is 0 Å². The summed E-state index contributed by atoms with van der Waals surface area (Å²) in [4.78, 5) is 6.72. The molecule has 0 bridgehead atoms. The van der Waals surface area contributed by atoms with Gasteiger partial charge in [-0.15, -0.1) is 24.0 Å². The van der Waals surface area contributed by atoms with Gasteiger partial charge >= 0.3 is 0 Å². The van der Waals surface area contributed by atoms with Gasteiger partial charge in [0.2, 0.25) is 0 Å². The van der Waals surface area contributed by atoms with E-state index in [1.54, 1.807) is 0 Å². The first kappa shape index (κ1) is 18.0. The highest BCUT2D eigenvalue weighted by Gasteiger charge is 2.23. The van der Waals surface area contributed by atoms with Crippen LogP contribution < -0.4 is 5.32 Å². The van der Waals surface area contributed by atoms with Gasteiger partial charge in [-0.2, -0.15) is 0 Å². The number of nitrogens with one attached hydrogen (secondary N) is 1. The molecule has 1 aliphatic rings. The van der Waals surface area contributed by atoms with Crippen molar-refractivity contribution < 1.29 is 4.74 Å². The van der Waals surface area contributed by atoms with Crippen molar-refractivity contribution in [3.05, 3.63) is 0 Å². The standard InChI is InChI=1S/C13H27N3O.HI/c1-5-17-7-6-15-13(14-4)16-9-11(2)8-12(3)10-16;/h11-12H,5-10H2,1-4H3,(H,14,15);1H. The number of halogens is 1. The second-order valence-electron chi connectivity index (χ2n) is 5.02. The molecule has 2 atom stereocenters. The average molecular weight is 369 g/mol. The van der Waals surface area contributed by atoms with Crippen LogP contribution in [0, 0.1) is 11.8 Å². The number of rotatable bonds is 4. The van der Waals surface area contributed by atoms with Crippen molar-refractivity contribution >= 4 is 29.9 Å². The molecule has 0 radical (unpaired) electrons. The summed E-state index contributed by atoms with van der Waals surface area (Å²) in [6, 6.07) is 0. The molecule has 4 nitrogen and oxygen atoms in total. The summed E-state index contributed by atoms with van der Waals surface area (Å²) < 4.78 is 5.32. The van der Waals surface area contributed by atoms with Crippen molar-refractivity contribution in [2.24, 2.45) is 16.8 Å². The van der Waals surface area contributed by atoms with E-state index in [9.17, 15) is 0 Å². The van der Waals surface area contributed by atoms with Crippen LogP contribution in [0.5, 0.6) is 0 Å². The van der Waals surface area contributed by atoms with E-state index in [-0.39, 0.29) is 24.0 Å². The third-order valence-corrected chi connectivity index (χ3v) is 3.11. The van der Waals surface area contributed by atoms with Crippen LogP contribution in [0.3, 0.4) is 0 Å². The predicted octanol–water partition coefficient (Wildman–Crippen LogP) is 2.19. The number of hydrogen-bond donors (Lipinski definition) is 1. The minimum atomic E-state index is 0. The minimum absolute atomic E-state index is 0. The van der Waals surface area contributed by atoms with Crippen LogP contribution in [-0.2, 0) is 4.74 Å². The van der Waals surface area contributed by atoms with Crippen LogP contribution in [0.25, 0.3) is 0 Å². The van der Waals surface area contributed by atoms with Gasteiger partial charge in [-0.1, -0.05) is 13.8 Å². The molecule has 0 aromatic carbocycles. The maximum atomic E-state index is 5.32. The molecule has 1 heterocycles. The Kier molecular flexibility index (Phi) is 9.81. The van der Waals surface area contributed by atoms with Gasteiger partial charge < -0.3 is 15.0 Å². The van der Waals surface area contributed by atoms with Crippen molar-refractivity contribution in [1.82, 2.24) is 10.2 Å². The Balaban J connectivity index is 0.00000289. The largest absolute Gasteiger partial charge is 0.380 e. The van der Waals surface area contributed by atoms with Crippen molar-refractivity contribution in [2.75, 3.05) is 39.9 Å². The van der Waals surface area contributed by atoms with Crippen molar-refractivity contribution in [2.45, 2.75) is 27.2 Å². The van der Waals surface area contributed by atoms with E-state index >= 15 is 0 Å². The summed E-state index contributed by atoms with van der Waals surface area (Å²) in [7, 11) is 1.85. The monoisotopic (exact) mass is 369 g/mol. The van der Waals surface area contributed by atoms with E-state index in [4.69, 9.17) is 4.74 Å². The van der Waals surface area contributed by atoms with Gasteiger partial charge in [0.05, 0.1) is 6.61 Å². The molecule has 0 amide bonds. The number of aliphatic imine (C=N–C) groups is 1. The maximum absolute atomic E-state index is 5.32. The molecular formula is C13H28IN3O. The predicted molar refractivity (Wildman–Crippen MR) is 87.8 cm³/mol. The SMILES string of the molecule is CCOCCNC(=NC)N1CC(C)CC(C)C1.I. The fraction of sp³-hybridized carbons (Fsp3) is 0.923. The number of ether oxygens (including phenoxy) is 1. The molecule has 1 saturated heterocycles. The Labute approximate surface area is 129 Å². The Morgan fingerprint density at radius 2 is 1.94 bits per heavy atom. The van der Waals surface area contributed by atoms with Gasteiger partial charge in [0, 0.05) is 33.3 Å². The van der Waals surface area contributed by atoms with Crippen molar-refractivity contribution in [1.29, 1.82) is 0 Å². The lowest BCUT2D eigenvalue weighted by Gasteiger charge is -2.37. The summed E-state index contributed by atoms with van der Waals surface area (Å²) >= 11 is 0. The second kappa shape index (κ2) is 9.83. The zero-order valence-electron chi connectivity index (χ0n) is 12.1. The van der Waals surface area contributed by atoms with E-state index in [0.717, 1.165) is 50.6 Å². The Morgan fingerprint density at radius 3 is 2.44 bits per heavy atom. The van der Waals surface area contributed by atoms with Crippen LogP contribution in [0.4, 0.5) is 0 Å². The minimum Gasteiger partial charge on any atom is -0.380 e. The van der Waals surface area contributed by atoms with Gasteiger partial charge in [0.25, 0.3) is 0 Å². The highest BCUT2D eigenvalue weighted by molar-refractivity contribution is 14.0. The van der Waals surface area contributed by atoms with Crippen LogP contribution in [0.15, 0.2) is 4.99 Å². The first-order chi connectivity index (χ1) is 8.17. The lowest BCUT2D eigenvalue weighted by atomic mass is 9.92. The molecule has 108 valence electrons. The van der Waals surface area contributed by atoms with E-state index in [1.165, 1.54) is 6.42 Å². The first-order valence-corrected chi connectivity index (χ1v) is 6.70. The molecule has 1 rings (SSSR count). The van der Waals surface area contributed by atoms with Gasteiger partial charge in [-0.05, 0) is 25.2 Å². The number of nitrogens with zero attached hydrogens (tertiary/aromatic N) is 2. The molecule has 0 spiro atoms. The number of piperidine rings is 1. The zero-order valence-corrected chi connectivity index (χ0v) is 14.4. The van der Waals surface area contributed by atoms with Crippen molar-refractivity contribution in [3.8, 4) is 0 Å². The molecular weight excluding hydrogens is 341 g/mol.